The summed E-state index contributed by atoms with van der Waals surface area (Å²) < 4.78 is 5.81. The highest BCUT2D eigenvalue weighted by Gasteiger charge is 2.06. The second-order valence-corrected chi connectivity index (χ2v) is 6.15. The fourth-order valence-electron chi connectivity index (χ4n) is 1.99. The molecular weight excluding hydrogens is 402 g/mol. The van der Waals surface area contributed by atoms with E-state index in [9.17, 15) is 14.7 Å². The quantitative estimate of drug-likeness (QED) is 0.473. The standard InChI is InChI=1S/C18H18BrN3O4/c1-26-15-5-2-12(3-6-15)18(25)20-9-8-17(24)22-21-11-13-10-14(19)4-7-16(13)23/h2-7,10-11,23H,8-9H2,1H3,(H,20,25)(H,22,24)/b21-11+. The van der Waals surface area contributed by atoms with Crippen molar-refractivity contribution in [2.24, 2.45) is 5.10 Å². The molecule has 0 aliphatic heterocycles. The Morgan fingerprint density at radius 2 is 1.96 bits per heavy atom. The van der Waals surface area contributed by atoms with Gasteiger partial charge < -0.3 is 15.2 Å². The molecule has 7 nitrogen and oxygen atoms in total. The van der Waals surface area contributed by atoms with Gasteiger partial charge in [0, 0.05) is 28.6 Å². The monoisotopic (exact) mass is 419 g/mol. The topological polar surface area (TPSA) is 100 Å². The van der Waals surface area contributed by atoms with Crippen molar-refractivity contribution in [1.29, 1.82) is 0 Å². The third kappa shape index (κ3) is 5.89. The Labute approximate surface area is 159 Å². The lowest BCUT2D eigenvalue weighted by atomic mass is 10.2. The molecule has 26 heavy (non-hydrogen) atoms. The van der Waals surface area contributed by atoms with Crippen LogP contribution < -0.4 is 15.5 Å². The van der Waals surface area contributed by atoms with Crippen LogP contribution in [-0.2, 0) is 4.79 Å². The number of benzene rings is 2. The molecule has 3 N–H and O–H groups in total. The van der Waals surface area contributed by atoms with Crippen LogP contribution in [0.2, 0.25) is 0 Å². The Balaban J connectivity index is 1.75. The molecule has 2 aromatic rings. The van der Waals surface area contributed by atoms with E-state index in [1.54, 1.807) is 43.5 Å². The molecule has 2 rings (SSSR count). The normalized spacial score (nSPS) is 10.5. The van der Waals surface area contributed by atoms with E-state index in [2.05, 4.69) is 31.8 Å². The number of aromatic hydroxyl groups is 1. The van der Waals surface area contributed by atoms with Crippen molar-refractivity contribution in [2.75, 3.05) is 13.7 Å². The predicted molar refractivity (Wildman–Crippen MR) is 101 cm³/mol. The van der Waals surface area contributed by atoms with Gasteiger partial charge in [0.15, 0.2) is 0 Å². The molecule has 0 unspecified atom stereocenters. The molecule has 0 aliphatic carbocycles. The van der Waals surface area contributed by atoms with Gasteiger partial charge in [-0.25, -0.2) is 5.43 Å². The third-order valence-electron chi connectivity index (χ3n) is 3.37. The molecule has 0 aliphatic rings. The highest BCUT2D eigenvalue weighted by Crippen LogP contribution is 2.19. The first-order chi connectivity index (χ1) is 12.5. The Morgan fingerprint density at radius 1 is 1.23 bits per heavy atom. The number of carbonyl (C=O) groups is 2. The number of amides is 2. The van der Waals surface area contributed by atoms with Crippen LogP contribution >= 0.6 is 15.9 Å². The van der Waals surface area contributed by atoms with Crippen LogP contribution in [0.1, 0.15) is 22.3 Å². The van der Waals surface area contributed by atoms with Crippen LogP contribution in [-0.4, -0.2) is 36.8 Å². The average Bonchev–Trinajstić information content (AvgIpc) is 2.64. The number of phenolic OH excluding ortho intramolecular Hbond substituents is 1. The van der Waals surface area contributed by atoms with E-state index < -0.39 is 0 Å². The number of rotatable bonds is 7. The molecule has 0 saturated carbocycles. The van der Waals surface area contributed by atoms with Crippen molar-refractivity contribution in [3.8, 4) is 11.5 Å². The van der Waals surface area contributed by atoms with Gasteiger partial charge in [-0.05, 0) is 42.5 Å². The summed E-state index contributed by atoms with van der Waals surface area (Å²) in [5.74, 6) is 0.0852. The number of nitrogens with zero attached hydrogens (tertiary/aromatic N) is 1. The van der Waals surface area contributed by atoms with Gasteiger partial charge in [0.2, 0.25) is 5.91 Å². The number of nitrogens with one attached hydrogen (secondary N) is 2. The summed E-state index contributed by atoms with van der Waals surface area (Å²) in [6.07, 6.45) is 1.41. The van der Waals surface area contributed by atoms with Crippen molar-refractivity contribution in [2.45, 2.75) is 6.42 Å². The summed E-state index contributed by atoms with van der Waals surface area (Å²) in [7, 11) is 1.55. The number of methoxy groups -OCH3 is 1. The fourth-order valence-corrected chi connectivity index (χ4v) is 2.37. The van der Waals surface area contributed by atoms with Crippen molar-refractivity contribution in [1.82, 2.24) is 10.7 Å². The van der Waals surface area contributed by atoms with Crippen LogP contribution in [0.5, 0.6) is 11.5 Å². The fraction of sp³-hybridized carbons (Fsp3) is 0.167. The first-order valence-corrected chi connectivity index (χ1v) is 8.51. The molecule has 0 heterocycles. The zero-order chi connectivity index (χ0) is 18.9. The van der Waals surface area contributed by atoms with E-state index >= 15 is 0 Å². The smallest absolute Gasteiger partial charge is 0.251 e. The Morgan fingerprint density at radius 3 is 2.65 bits per heavy atom. The molecular formula is C18H18BrN3O4. The highest BCUT2D eigenvalue weighted by molar-refractivity contribution is 9.10. The minimum atomic E-state index is -0.356. The maximum atomic E-state index is 11.9. The van der Waals surface area contributed by atoms with Crippen molar-refractivity contribution in [3.63, 3.8) is 0 Å². The average molecular weight is 420 g/mol. The lowest BCUT2D eigenvalue weighted by Crippen LogP contribution is -2.29. The first-order valence-electron chi connectivity index (χ1n) is 7.72. The maximum absolute atomic E-state index is 11.9. The summed E-state index contributed by atoms with van der Waals surface area (Å²) >= 11 is 3.28. The number of hydrazone groups is 1. The van der Waals surface area contributed by atoms with Crippen LogP contribution in [0.15, 0.2) is 52.0 Å². The molecule has 0 aromatic heterocycles. The summed E-state index contributed by atoms with van der Waals surface area (Å²) in [5.41, 5.74) is 3.29. The van der Waals surface area contributed by atoms with Crippen LogP contribution in [0.3, 0.4) is 0 Å². The lowest BCUT2D eigenvalue weighted by molar-refractivity contribution is -0.120. The lowest BCUT2D eigenvalue weighted by Gasteiger charge is -2.05. The van der Waals surface area contributed by atoms with Gasteiger partial charge in [-0.15, -0.1) is 0 Å². The molecule has 0 radical (unpaired) electrons. The number of ether oxygens (including phenoxy) is 1. The molecule has 136 valence electrons. The predicted octanol–water partition coefficient (Wildman–Crippen LogP) is 2.43. The number of hydrogen-bond donors (Lipinski definition) is 3. The summed E-state index contributed by atoms with van der Waals surface area (Å²) in [6, 6.07) is 11.5. The Bertz CT molecular complexity index is 807. The largest absolute Gasteiger partial charge is 0.507 e. The SMILES string of the molecule is COc1ccc(C(=O)NCCC(=O)N/N=C/c2cc(Br)ccc2O)cc1. The third-order valence-corrected chi connectivity index (χ3v) is 3.87. The summed E-state index contributed by atoms with van der Waals surface area (Å²) in [5, 5.41) is 16.1. The number of halogens is 1. The van der Waals surface area contributed by atoms with Crippen LogP contribution in [0.25, 0.3) is 0 Å². The Hall–Kier alpha value is -2.87. The number of hydrogen-bond acceptors (Lipinski definition) is 5. The maximum Gasteiger partial charge on any atom is 0.251 e. The molecule has 8 heteroatoms. The summed E-state index contributed by atoms with van der Waals surface area (Å²) in [6.45, 7) is 0.175. The van der Waals surface area contributed by atoms with Gasteiger partial charge in [0.25, 0.3) is 5.91 Å². The Kier molecular flexibility index (Phi) is 7.16. The van der Waals surface area contributed by atoms with E-state index in [0.717, 1.165) is 4.47 Å². The molecule has 0 fully saturated rings. The van der Waals surface area contributed by atoms with Crippen molar-refractivity contribution < 1.29 is 19.4 Å². The second-order valence-electron chi connectivity index (χ2n) is 5.23. The zero-order valence-electron chi connectivity index (χ0n) is 14.0. The molecule has 0 saturated heterocycles. The number of phenols is 1. The molecule has 0 spiro atoms. The zero-order valence-corrected chi connectivity index (χ0v) is 15.6. The van der Waals surface area contributed by atoms with Gasteiger partial charge in [-0.3, -0.25) is 9.59 Å². The van der Waals surface area contributed by atoms with E-state index in [-0.39, 0.29) is 30.5 Å². The molecule has 2 aromatic carbocycles. The van der Waals surface area contributed by atoms with E-state index in [0.29, 0.717) is 16.9 Å². The van der Waals surface area contributed by atoms with Gasteiger partial charge >= 0.3 is 0 Å². The van der Waals surface area contributed by atoms with Crippen molar-refractivity contribution >= 4 is 34.0 Å². The molecule has 0 atom stereocenters. The summed E-state index contributed by atoms with van der Waals surface area (Å²) in [4.78, 5) is 23.7. The van der Waals surface area contributed by atoms with E-state index in [1.165, 1.54) is 12.3 Å². The van der Waals surface area contributed by atoms with Gasteiger partial charge in [-0.1, -0.05) is 15.9 Å². The van der Waals surface area contributed by atoms with E-state index in [4.69, 9.17) is 4.74 Å². The van der Waals surface area contributed by atoms with Crippen LogP contribution in [0.4, 0.5) is 0 Å². The minimum Gasteiger partial charge on any atom is -0.507 e. The first kappa shape index (κ1) is 19.5. The molecule has 2 amide bonds. The van der Waals surface area contributed by atoms with Crippen molar-refractivity contribution in [3.05, 3.63) is 58.1 Å². The number of carbonyl (C=O) groups excluding carboxylic acids is 2. The highest BCUT2D eigenvalue weighted by atomic mass is 79.9. The van der Waals surface area contributed by atoms with Crippen LogP contribution in [0, 0.1) is 0 Å². The van der Waals surface area contributed by atoms with E-state index in [1.807, 2.05) is 0 Å². The van der Waals surface area contributed by atoms with Gasteiger partial charge in [0.1, 0.15) is 11.5 Å². The van der Waals surface area contributed by atoms with Gasteiger partial charge in [-0.2, -0.15) is 5.10 Å². The minimum absolute atomic E-state index is 0.0537. The van der Waals surface area contributed by atoms with Gasteiger partial charge in [0.05, 0.1) is 13.3 Å². The molecule has 0 bridgehead atoms. The second kappa shape index (κ2) is 9.57.